The highest BCUT2D eigenvalue weighted by Gasteiger charge is 2.51. The molecule has 0 saturated heterocycles. The van der Waals surface area contributed by atoms with Crippen molar-refractivity contribution in [1.29, 1.82) is 0 Å². The lowest BCUT2D eigenvalue weighted by atomic mass is 9.70. The Balaban J connectivity index is 1.27. The monoisotopic (exact) mass is 603 g/mol. The maximum atomic E-state index is 4.64. The zero-order valence-electron chi connectivity index (χ0n) is 25.2. The summed E-state index contributed by atoms with van der Waals surface area (Å²) in [4.78, 5) is 7.26. The highest BCUT2D eigenvalue weighted by Crippen LogP contribution is 2.64. The minimum atomic E-state index is -0.335. The molecule has 1 heterocycles. The van der Waals surface area contributed by atoms with Crippen LogP contribution in [0.5, 0.6) is 0 Å². The minimum absolute atomic E-state index is 0.335. The Bertz CT molecular complexity index is 2460. The number of hydrogen-bond donors (Lipinski definition) is 0. The van der Waals surface area contributed by atoms with Crippen LogP contribution in [0.25, 0.3) is 56.3 Å². The van der Waals surface area contributed by atoms with Gasteiger partial charge in [0.05, 0.1) is 5.41 Å². The van der Waals surface area contributed by atoms with Crippen molar-refractivity contribution in [2.75, 3.05) is 0 Å². The van der Waals surface area contributed by atoms with Crippen LogP contribution in [0.1, 0.15) is 35.1 Å². The summed E-state index contributed by atoms with van der Waals surface area (Å²) in [5, 5.41) is 5.16. The molecule has 0 radical (unpaired) electrons. The Morgan fingerprint density at radius 1 is 0.500 bits per heavy atom. The maximum absolute atomic E-state index is 4.64. The highest BCUT2D eigenvalue weighted by atomic mass is 32.2. The van der Waals surface area contributed by atoms with Gasteiger partial charge in [0.25, 0.3) is 0 Å². The number of pyridine rings is 1. The summed E-state index contributed by atoms with van der Waals surface area (Å²) >= 11 is 1.93. The van der Waals surface area contributed by atoms with Crippen molar-refractivity contribution in [2.24, 2.45) is 0 Å². The van der Waals surface area contributed by atoms with Crippen molar-refractivity contribution >= 4 is 34.7 Å². The third-order valence-corrected chi connectivity index (χ3v) is 11.5. The lowest BCUT2D eigenvalue weighted by Gasteiger charge is -2.30. The summed E-state index contributed by atoms with van der Waals surface area (Å²) in [6.07, 6.45) is 11.0. The predicted octanol–water partition coefficient (Wildman–Crippen LogP) is 9.75. The third-order valence-electron chi connectivity index (χ3n) is 10.3. The van der Waals surface area contributed by atoms with E-state index in [0.29, 0.717) is 0 Å². The van der Waals surface area contributed by atoms with Gasteiger partial charge in [0.15, 0.2) is 0 Å². The Kier molecular flexibility index (Phi) is 5.62. The van der Waals surface area contributed by atoms with E-state index in [4.69, 9.17) is 0 Å². The lowest BCUT2D eigenvalue weighted by Crippen LogP contribution is -2.31. The first kappa shape index (κ1) is 26.1. The van der Waals surface area contributed by atoms with Crippen LogP contribution in [0.2, 0.25) is 0 Å². The molecule has 1 aromatic heterocycles. The SMILES string of the molecule is C1=c2c(Sc3cccc4c3-c3ccccc3C43c4ccccc4-c4ccccc43)c3ccncc3c(-c3ccccc3)c2=CCC1. The normalized spacial score (nSPS) is 14.5. The van der Waals surface area contributed by atoms with Crippen molar-refractivity contribution in [3.8, 4) is 33.4 Å². The van der Waals surface area contributed by atoms with E-state index < -0.39 is 0 Å². The van der Waals surface area contributed by atoms with Crippen LogP contribution in [0.4, 0.5) is 0 Å². The molecule has 0 atom stereocenters. The van der Waals surface area contributed by atoms with E-state index in [9.17, 15) is 0 Å². The van der Waals surface area contributed by atoms with Crippen LogP contribution in [0, 0.1) is 0 Å². The van der Waals surface area contributed by atoms with Crippen LogP contribution >= 0.6 is 11.8 Å². The molecule has 1 nitrogen and oxygen atoms in total. The van der Waals surface area contributed by atoms with Gasteiger partial charge in [-0.25, -0.2) is 0 Å². The molecule has 0 amide bonds. The van der Waals surface area contributed by atoms with E-state index in [1.807, 2.05) is 18.0 Å². The molecule has 3 aliphatic carbocycles. The molecule has 0 fully saturated rings. The van der Waals surface area contributed by atoms with Crippen LogP contribution in [-0.2, 0) is 5.41 Å². The molecule has 216 valence electrons. The summed E-state index contributed by atoms with van der Waals surface area (Å²) < 4.78 is 0. The lowest BCUT2D eigenvalue weighted by molar-refractivity contribution is 0.792. The first-order valence-electron chi connectivity index (χ1n) is 16.1. The topological polar surface area (TPSA) is 12.9 Å². The number of aromatic nitrogens is 1. The van der Waals surface area contributed by atoms with Gasteiger partial charge in [0.2, 0.25) is 0 Å². The molecule has 0 unspecified atom stereocenters. The molecule has 7 aromatic rings. The van der Waals surface area contributed by atoms with E-state index in [2.05, 4.69) is 151 Å². The van der Waals surface area contributed by atoms with Gasteiger partial charge in [0, 0.05) is 33.1 Å². The van der Waals surface area contributed by atoms with Crippen molar-refractivity contribution in [3.63, 3.8) is 0 Å². The fraction of sp³-hybridized carbons (Fsp3) is 0.0682. The Labute approximate surface area is 272 Å². The first-order chi connectivity index (χ1) is 22.9. The number of rotatable bonds is 3. The second-order valence-electron chi connectivity index (χ2n) is 12.5. The standard InChI is InChI=1S/C44H29NS/c1-2-13-28(14-3-1)41-31-17-4-5-18-32(31)43(33-25-26-45-27-35(33)41)46-40-24-12-23-39-42(40)34-19-8-11-22-38(34)44(39)36-20-9-6-15-29(36)30-16-7-10-21-37(30)44/h1-3,6-27H,4-5H2. The fourth-order valence-corrected chi connectivity index (χ4v) is 9.82. The Hall–Kier alpha value is -5.18. The third kappa shape index (κ3) is 3.40. The van der Waals surface area contributed by atoms with Crippen LogP contribution in [0.3, 0.4) is 0 Å². The van der Waals surface area contributed by atoms with Crippen LogP contribution < -0.4 is 10.4 Å². The summed E-state index contributed by atoms with van der Waals surface area (Å²) in [6, 6.07) is 47.3. The summed E-state index contributed by atoms with van der Waals surface area (Å²) in [5.41, 5.74) is 13.1. The summed E-state index contributed by atoms with van der Waals surface area (Å²) in [5.74, 6) is 0. The number of hydrogen-bond acceptors (Lipinski definition) is 2. The van der Waals surface area contributed by atoms with Crippen molar-refractivity contribution in [3.05, 3.63) is 172 Å². The van der Waals surface area contributed by atoms with Crippen molar-refractivity contribution in [1.82, 2.24) is 4.98 Å². The van der Waals surface area contributed by atoms with Crippen molar-refractivity contribution < 1.29 is 0 Å². The molecule has 6 aromatic carbocycles. The molecule has 46 heavy (non-hydrogen) atoms. The molecule has 1 spiro atoms. The predicted molar refractivity (Wildman–Crippen MR) is 191 cm³/mol. The molecular formula is C44H29NS. The van der Waals surface area contributed by atoms with Gasteiger partial charge in [-0.15, -0.1) is 0 Å². The average molecular weight is 604 g/mol. The fourth-order valence-electron chi connectivity index (χ4n) is 8.54. The second-order valence-corrected chi connectivity index (χ2v) is 13.5. The van der Waals surface area contributed by atoms with Gasteiger partial charge in [-0.2, -0.15) is 0 Å². The van der Waals surface area contributed by atoms with Gasteiger partial charge in [-0.1, -0.05) is 139 Å². The molecule has 0 aliphatic heterocycles. The molecule has 2 heteroatoms. The minimum Gasteiger partial charge on any atom is -0.264 e. The Morgan fingerprint density at radius 2 is 1.11 bits per heavy atom. The summed E-state index contributed by atoms with van der Waals surface area (Å²) in [6.45, 7) is 0. The second kappa shape index (κ2) is 9.91. The highest BCUT2D eigenvalue weighted by molar-refractivity contribution is 7.99. The van der Waals surface area contributed by atoms with E-state index >= 15 is 0 Å². The van der Waals surface area contributed by atoms with Gasteiger partial charge in [-0.05, 0) is 90.9 Å². The van der Waals surface area contributed by atoms with Crippen molar-refractivity contribution in [2.45, 2.75) is 28.0 Å². The number of nitrogens with zero attached hydrogens (tertiary/aromatic N) is 1. The number of fused-ring (bicyclic) bond motifs is 12. The smallest absolute Gasteiger partial charge is 0.0725 e. The van der Waals surface area contributed by atoms with E-state index in [0.717, 1.165) is 12.8 Å². The van der Waals surface area contributed by atoms with Gasteiger partial charge < -0.3 is 0 Å². The quantitative estimate of drug-likeness (QED) is 0.199. The molecule has 10 rings (SSSR count). The maximum Gasteiger partial charge on any atom is 0.0725 e. The molecule has 0 bridgehead atoms. The van der Waals surface area contributed by atoms with Crippen LogP contribution in [-0.4, -0.2) is 4.98 Å². The van der Waals surface area contributed by atoms with Gasteiger partial charge in [0.1, 0.15) is 0 Å². The zero-order valence-corrected chi connectivity index (χ0v) is 26.0. The summed E-state index contributed by atoms with van der Waals surface area (Å²) in [7, 11) is 0. The average Bonchev–Trinajstić information content (AvgIpc) is 3.60. The molecule has 0 N–H and O–H groups in total. The zero-order chi connectivity index (χ0) is 30.2. The van der Waals surface area contributed by atoms with E-state index in [-0.39, 0.29) is 5.41 Å². The first-order valence-corrected chi connectivity index (χ1v) is 16.9. The van der Waals surface area contributed by atoms with Gasteiger partial charge >= 0.3 is 0 Å². The largest absolute Gasteiger partial charge is 0.264 e. The molecular weight excluding hydrogens is 575 g/mol. The van der Waals surface area contributed by atoms with Crippen LogP contribution in [0.15, 0.2) is 150 Å². The Morgan fingerprint density at radius 3 is 1.85 bits per heavy atom. The van der Waals surface area contributed by atoms with Gasteiger partial charge in [-0.3, -0.25) is 4.98 Å². The van der Waals surface area contributed by atoms with E-state index in [1.54, 1.807) is 0 Å². The van der Waals surface area contributed by atoms with E-state index in [1.165, 1.54) is 86.6 Å². The number of benzene rings is 6. The molecule has 0 saturated carbocycles. The molecule has 3 aliphatic rings.